The third-order valence-electron chi connectivity index (χ3n) is 5.06. The van der Waals surface area contributed by atoms with Gasteiger partial charge in [-0.05, 0) is 69.4 Å². The lowest BCUT2D eigenvalue weighted by molar-refractivity contribution is -0.123. The summed E-state index contributed by atoms with van der Waals surface area (Å²) in [7, 11) is 0. The maximum Gasteiger partial charge on any atom is 0.140 e. The predicted molar refractivity (Wildman–Crippen MR) is 101 cm³/mol. The van der Waals surface area contributed by atoms with Crippen molar-refractivity contribution in [2.75, 3.05) is 19.6 Å². The van der Waals surface area contributed by atoms with Crippen molar-refractivity contribution in [1.82, 2.24) is 14.9 Å². The third kappa shape index (κ3) is 5.68. The molecule has 0 aliphatic carbocycles. The van der Waals surface area contributed by atoms with Crippen LogP contribution in [0.2, 0.25) is 5.02 Å². The van der Waals surface area contributed by atoms with Gasteiger partial charge in [-0.2, -0.15) is 0 Å². The number of imidazole rings is 1. The number of benzene rings is 1. The van der Waals surface area contributed by atoms with Crippen molar-refractivity contribution in [1.29, 1.82) is 0 Å². The van der Waals surface area contributed by atoms with Gasteiger partial charge in [0.05, 0.1) is 6.33 Å². The van der Waals surface area contributed by atoms with E-state index < -0.39 is 0 Å². The molecule has 3 rings (SSSR count). The van der Waals surface area contributed by atoms with Gasteiger partial charge in [-0.3, -0.25) is 4.79 Å². The van der Waals surface area contributed by atoms with E-state index in [-0.39, 0.29) is 5.92 Å². The van der Waals surface area contributed by atoms with Crippen molar-refractivity contribution in [3.63, 3.8) is 0 Å². The molecule has 1 aromatic heterocycles. The van der Waals surface area contributed by atoms with Crippen LogP contribution in [0.15, 0.2) is 36.8 Å². The summed E-state index contributed by atoms with van der Waals surface area (Å²) in [4.78, 5) is 22.2. The third-order valence-corrected chi connectivity index (χ3v) is 5.31. The lowest BCUT2D eigenvalue weighted by Gasteiger charge is -2.31. The molecule has 134 valence electrons. The molecule has 1 aromatic carbocycles. The molecular weight excluding hydrogens is 334 g/mol. The molecule has 0 unspecified atom stereocenters. The summed E-state index contributed by atoms with van der Waals surface area (Å²) in [5.74, 6) is 0.595. The van der Waals surface area contributed by atoms with E-state index in [1.165, 1.54) is 18.5 Å². The van der Waals surface area contributed by atoms with Crippen LogP contribution in [0.3, 0.4) is 0 Å². The van der Waals surface area contributed by atoms with Crippen LogP contribution in [0.5, 0.6) is 0 Å². The molecule has 0 bridgehead atoms. The molecule has 0 radical (unpaired) electrons. The average molecular weight is 360 g/mol. The van der Waals surface area contributed by atoms with E-state index in [9.17, 15) is 4.79 Å². The Bertz CT molecular complexity index is 646. The second-order valence-electron chi connectivity index (χ2n) is 6.92. The molecule has 0 saturated carbocycles. The zero-order valence-electron chi connectivity index (χ0n) is 14.6. The van der Waals surface area contributed by atoms with Crippen molar-refractivity contribution in [2.24, 2.45) is 5.92 Å². The van der Waals surface area contributed by atoms with Crippen molar-refractivity contribution in [3.8, 4) is 0 Å². The number of ketones is 1. The number of carbonyl (C=O) groups excluding carboxylic acids is 1. The zero-order chi connectivity index (χ0) is 17.5. The number of hydrogen-bond donors (Lipinski definition) is 1. The highest BCUT2D eigenvalue weighted by Gasteiger charge is 2.24. The highest BCUT2D eigenvalue weighted by molar-refractivity contribution is 6.30. The number of piperidine rings is 1. The fraction of sp³-hybridized carbons (Fsp3) is 0.500. The smallest absolute Gasteiger partial charge is 0.140 e. The van der Waals surface area contributed by atoms with E-state index in [4.69, 9.17) is 11.6 Å². The predicted octanol–water partition coefficient (Wildman–Crippen LogP) is 3.91. The molecule has 0 atom stereocenters. The number of aromatic nitrogens is 2. The van der Waals surface area contributed by atoms with Crippen LogP contribution in [0.25, 0.3) is 0 Å². The summed E-state index contributed by atoms with van der Waals surface area (Å²) in [5, 5.41) is 0.719. The zero-order valence-corrected chi connectivity index (χ0v) is 15.3. The van der Waals surface area contributed by atoms with Crippen LogP contribution in [0, 0.1) is 5.92 Å². The van der Waals surface area contributed by atoms with Gasteiger partial charge >= 0.3 is 0 Å². The lowest BCUT2D eigenvalue weighted by Crippen LogP contribution is -2.37. The van der Waals surface area contributed by atoms with Gasteiger partial charge in [0.25, 0.3) is 0 Å². The van der Waals surface area contributed by atoms with E-state index >= 15 is 0 Å². The number of likely N-dealkylation sites (tertiary alicyclic amines) is 1. The summed E-state index contributed by atoms with van der Waals surface area (Å²) in [6.07, 6.45) is 9.60. The van der Waals surface area contributed by atoms with Crippen molar-refractivity contribution in [2.45, 2.75) is 38.5 Å². The number of H-pyrrole nitrogens is 1. The molecule has 1 aliphatic rings. The Labute approximate surface area is 154 Å². The molecule has 2 aromatic rings. The Kier molecular flexibility index (Phi) is 6.65. The number of unbranched alkanes of at least 4 members (excludes halogenated alkanes) is 1. The lowest BCUT2D eigenvalue weighted by atomic mass is 9.89. The molecule has 5 heteroatoms. The number of halogens is 1. The largest absolute Gasteiger partial charge is 0.348 e. The number of nitrogens with zero attached hydrogens (tertiary/aromatic N) is 2. The van der Waals surface area contributed by atoms with Gasteiger partial charge < -0.3 is 9.88 Å². The van der Waals surface area contributed by atoms with Crippen molar-refractivity contribution in [3.05, 3.63) is 53.1 Å². The Morgan fingerprint density at radius 3 is 2.64 bits per heavy atom. The molecule has 1 N–H and O–H groups in total. The minimum absolute atomic E-state index is 0.219. The van der Waals surface area contributed by atoms with Gasteiger partial charge in [0.1, 0.15) is 5.78 Å². The number of hydrogen-bond acceptors (Lipinski definition) is 3. The van der Waals surface area contributed by atoms with Crippen LogP contribution in [-0.4, -0.2) is 40.3 Å². The fourth-order valence-corrected chi connectivity index (χ4v) is 3.62. The average Bonchev–Trinajstić information content (AvgIpc) is 3.15. The highest BCUT2D eigenvalue weighted by atomic mass is 35.5. The molecule has 1 aliphatic heterocycles. The normalized spacial score (nSPS) is 16.2. The standard InChI is InChI=1S/C20H26ClN3O/c21-18-6-4-16(5-7-18)13-20(25)17-8-11-24(12-9-17)10-2-1-3-19-14-22-15-23-19/h4-7,14-15,17H,1-3,8-13H2,(H,22,23). The molecule has 4 nitrogen and oxygen atoms in total. The van der Waals surface area contributed by atoms with E-state index in [2.05, 4.69) is 14.9 Å². The van der Waals surface area contributed by atoms with Crippen LogP contribution >= 0.6 is 11.6 Å². The molecule has 2 heterocycles. The first-order valence-corrected chi connectivity index (χ1v) is 9.55. The van der Waals surface area contributed by atoms with E-state index in [0.29, 0.717) is 12.2 Å². The number of aromatic amines is 1. The van der Waals surface area contributed by atoms with Crippen LogP contribution in [0.1, 0.15) is 36.9 Å². The number of Topliss-reactive ketones (excluding diaryl/α,β-unsaturated/α-hetero) is 1. The summed E-state index contributed by atoms with van der Waals surface area (Å²) < 4.78 is 0. The van der Waals surface area contributed by atoms with Crippen LogP contribution < -0.4 is 0 Å². The van der Waals surface area contributed by atoms with Gasteiger partial charge in [0.2, 0.25) is 0 Å². The van der Waals surface area contributed by atoms with Crippen LogP contribution in [-0.2, 0) is 17.6 Å². The van der Waals surface area contributed by atoms with E-state index in [1.54, 1.807) is 6.33 Å². The molecular formula is C20H26ClN3O. The summed E-state index contributed by atoms with van der Waals surface area (Å²) in [5.41, 5.74) is 2.28. The fourth-order valence-electron chi connectivity index (χ4n) is 3.50. The molecule has 25 heavy (non-hydrogen) atoms. The highest BCUT2D eigenvalue weighted by Crippen LogP contribution is 2.21. The summed E-state index contributed by atoms with van der Waals surface area (Å²) in [6, 6.07) is 7.62. The number of aryl methyl sites for hydroxylation is 1. The summed E-state index contributed by atoms with van der Waals surface area (Å²) >= 11 is 5.90. The van der Waals surface area contributed by atoms with E-state index in [1.807, 2.05) is 30.5 Å². The molecule has 1 fully saturated rings. The number of rotatable bonds is 8. The Morgan fingerprint density at radius 2 is 1.96 bits per heavy atom. The first-order valence-electron chi connectivity index (χ1n) is 9.17. The van der Waals surface area contributed by atoms with Gasteiger partial charge in [-0.25, -0.2) is 4.98 Å². The molecule has 0 spiro atoms. The Balaban J connectivity index is 1.33. The maximum absolute atomic E-state index is 12.5. The summed E-state index contributed by atoms with van der Waals surface area (Å²) in [6.45, 7) is 3.22. The van der Waals surface area contributed by atoms with Crippen molar-refractivity contribution < 1.29 is 4.79 Å². The van der Waals surface area contributed by atoms with Gasteiger partial charge in [0, 0.05) is 29.3 Å². The second kappa shape index (κ2) is 9.16. The van der Waals surface area contributed by atoms with Crippen LogP contribution in [0.4, 0.5) is 0 Å². The second-order valence-corrected chi connectivity index (χ2v) is 7.36. The molecule has 0 amide bonds. The minimum atomic E-state index is 0.219. The monoisotopic (exact) mass is 359 g/mol. The van der Waals surface area contributed by atoms with Gasteiger partial charge in [-0.15, -0.1) is 0 Å². The first kappa shape index (κ1) is 18.2. The maximum atomic E-state index is 12.5. The quantitative estimate of drug-likeness (QED) is 0.727. The van der Waals surface area contributed by atoms with E-state index in [0.717, 1.165) is 49.5 Å². The van der Waals surface area contributed by atoms with Crippen molar-refractivity contribution >= 4 is 17.4 Å². The topological polar surface area (TPSA) is 49.0 Å². The minimum Gasteiger partial charge on any atom is -0.348 e. The van der Waals surface area contributed by atoms with Gasteiger partial charge in [-0.1, -0.05) is 23.7 Å². The van der Waals surface area contributed by atoms with Gasteiger partial charge in [0.15, 0.2) is 0 Å². The molecule has 1 saturated heterocycles. The SMILES string of the molecule is O=C(Cc1ccc(Cl)cc1)C1CCN(CCCCc2cnc[nH]2)CC1. The Hall–Kier alpha value is -1.65. The Morgan fingerprint density at radius 1 is 1.20 bits per heavy atom. The number of carbonyl (C=O) groups is 1. The first-order chi connectivity index (χ1) is 12.2. The number of nitrogens with one attached hydrogen (secondary N) is 1.